The number of hydrogen-bond acceptors (Lipinski definition) is 2. The quantitative estimate of drug-likeness (QED) is 0.822. The lowest BCUT2D eigenvalue weighted by Crippen LogP contribution is -2.49. The predicted octanol–water partition coefficient (Wildman–Crippen LogP) is 4.55. The van der Waals surface area contributed by atoms with Gasteiger partial charge in [0.1, 0.15) is 0 Å². The Morgan fingerprint density at radius 3 is 2.59 bits per heavy atom. The van der Waals surface area contributed by atoms with Crippen molar-refractivity contribution in [3.8, 4) is 0 Å². The highest BCUT2D eigenvalue weighted by atomic mass is 35.5. The number of rotatable bonds is 4. The van der Waals surface area contributed by atoms with Gasteiger partial charge in [0.25, 0.3) is 0 Å². The number of benzene rings is 2. The van der Waals surface area contributed by atoms with Crippen LogP contribution in [0.1, 0.15) is 29.5 Å². The number of carbonyl (C=O) groups is 1. The zero-order chi connectivity index (χ0) is 19.4. The Morgan fingerprint density at radius 1 is 1.19 bits per heavy atom. The second-order valence-corrected chi connectivity index (χ2v) is 7.01. The SMILES string of the molecule is O=C(CC(c1ccccc1)C(F)(F)F)N1CCNCC1c1cccc(Cl)c1. The lowest BCUT2D eigenvalue weighted by Gasteiger charge is -2.37. The van der Waals surface area contributed by atoms with Gasteiger partial charge >= 0.3 is 6.18 Å². The number of piperazine rings is 1. The number of nitrogens with one attached hydrogen (secondary N) is 1. The van der Waals surface area contributed by atoms with Crippen LogP contribution in [0.15, 0.2) is 54.6 Å². The summed E-state index contributed by atoms with van der Waals surface area (Å²) >= 11 is 6.04. The number of amides is 1. The third-order valence-corrected chi connectivity index (χ3v) is 5.01. The number of carbonyl (C=O) groups excluding carboxylic acids is 1. The minimum absolute atomic E-state index is 0.104. The Morgan fingerprint density at radius 2 is 1.93 bits per heavy atom. The van der Waals surface area contributed by atoms with Gasteiger partial charge in [0.05, 0.1) is 12.0 Å². The molecule has 144 valence electrons. The van der Waals surface area contributed by atoms with E-state index in [0.717, 1.165) is 5.56 Å². The van der Waals surface area contributed by atoms with Crippen molar-refractivity contribution in [2.75, 3.05) is 19.6 Å². The van der Waals surface area contributed by atoms with Crippen molar-refractivity contribution < 1.29 is 18.0 Å². The lowest BCUT2D eigenvalue weighted by molar-refractivity contribution is -0.162. The summed E-state index contributed by atoms with van der Waals surface area (Å²) in [7, 11) is 0. The van der Waals surface area contributed by atoms with Crippen molar-refractivity contribution in [2.45, 2.75) is 24.6 Å². The van der Waals surface area contributed by atoms with Gasteiger partial charge in [-0.15, -0.1) is 0 Å². The number of hydrogen-bond donors (Lipinski definition) is 1. The van der Waals surface area contributed by atoms with Crippen molar-refractivity contribution in [1.29, 1.82) is 0 Å². The van der Waals surface area contributed by atoms with E-state index in [2.05, 4.69) is 5.32 Å². The van der Waals surface area contributed by atoms with E-state index in [9.17, 15) is 18.0 Å². The topological polar surface area (TPSA) is 32.3 Å². The Balaban J connectivity index is 1.83. The van der Waals surface area contributed by atoms with E-state index in [1.165, 1.54) is 17.0 Å². The molecule has 2 unspecified atom stereocenters. The molecule has 1 aliphatic rings. The molecule has 2 atom stereocenters. The van der Waals surface area contributed by atoms with Gasteiger partial charge in [-0.2, -0.15) is 13.2 Å². The lowest BCUT2D eigenvalue weighted by atomic mass is 9.93. The summed E-state index contributed by atoms with van der Waals surface area (Å²) in [5, 5.41) is 3.72. The third-order valence-electron chi connectivity index (χ3n) is 4.77. The van der Waals surface area contributed by atoms with Crippen LogP contribution >= 0.6 is 11.6 Å². The molecule has 7 heteroatoms. The predicted molar refractivity (Wildman–Crippen MR) is 98.6 cm³/mol. The standard InChI is InChI=1S/C20H20ClF3N2O/c21-16-8-4-7-15(11-16)18-13-25-9-10-26(18)19(27)12-17(20(22,23)24)14-5-2-1-3-6-14/h1-8,11,17-18,25H,9-10,12-13H2. The zero-order valence-electron chi connectivity index (χ0n) is 14.5. The molecule has 1 fully saturated rings. The maximum Gasteiger partial charge on any atom is 0.396 e. The van der Waals surface area contributed by atoms with Crippen LogP contribution < -0.4 is 5.32 Å². The first-order valence-corrected chi connectivity index (χ1v) is 9.11. The first-order valence-electron chi connectivity index (χ1n) is 8.73. The summed E-state index contributed by atoms with van der Waals surface area (Å²) in [4.78, 5) is 14.4. The first-order chi connectivity index (χ1) is 12.9. The smallest absolute Gasteiger partial charge is 0.333 e. The summed E-state index contributed by atoms with van der Waals surface area (Å²) in [5.41, 5.74) is 0.916. The van der Waals surface area contributed by atoms with Crippen molar-refractivity contribution in [3.63, 3.8) is 0 Å². The summed E-state index contributed by atoms with van der Waals surface area (Å²) in [5.74, 6) is -2.33. The average molecular weight is 397 g/mol. The number of nitrogens with zero attached hydrogens (tertiary/aromatic N) is 1. The molecule has 3 rings (SSSR count). The molecular weight excluding hydrogens is 377 g/mol. The second kappa shape index (κ2) is 8.31. The van der Waals surface area contributed by atoms with Gasteiger partial charge in [-0.05, 0) is 23.3 Å². The molecule has 1 aliphatic heterocycles. The number of alkyl halides is 3. The van der Waals surface area contributed by atoms with Crippen LogP contribution in [0.4, 0.5) is 13.2 Å². The fourth-order valence-corrected chi connectivity index (χ4v) is 3.61. The molecule has 1 saturated heterocycles. The summed E-state index contributed by atoms with van der Waals surface area (Å²) < 4.78 is 40.8. The minimum atomic E-state index is -4.49. The summed E-state index contributed by atoms with van der Waals surface area (Å²) in [6.07, 6.45) is -5.10. The van der Waals surface area contributed by atoms with Crippen LogP contribution in [0.2, 0.25) is 5.02 Å². The largest absolute Gasteiger partial charge is 0.396 e. The Bertz CT molecular complexity index is 782. The van der Waals surface area contributed by atoms with Gasteiger partial charge in [-0.25, -0.2) is 0 Å². The molecule has 1 N–H and O–H groups in total. The van der Waals surface area contributed by atoms with Gasteiger partial charge in [0, 0.05) is 31.1 Å². The molecule has 0 aliphatic carbocycles. The van der Waals surface area contributed by atoms with E-state index in [1.807, 2.05) is 6.07 Å². The highest BCUT2D eigenvalue weighted by Crippen LogP contribution is 2.38. The van der Waals surface area contributed by atoms with E-state index >= 15 is 0 Å². The van der Waals surface area contributed by atoms with Crippen molar-refractivity contribution >= 4 is 17.5 Å². The Labute approximate surface area is 161 Å². The zero-order valence-corrected chi connectivity index (χ0v) is 15.3. The maximum atomic E-state index is 13.6. The average Bonchev–Trinajstić information content (AvgIpc) is 2.65. The maximum absolute atomic E-state index is 13.6. The molecule has 1 amide bonds. The third kappa shape index (κ3) is 4.82. The molecule has 0 bridgehead atoms. The Hall–Kier alpha value is -2.05. The van der Waals surface area contributed by atoms with E-state index in [0.29, 0.717) is 24.7 Å². The van der Waals surface area contributed by atoms with E-state index in [-0.39, 0.29) is 11.6 Å². The first kappa shape index (κ1) is 19.7. The van der Waals surface area contributed by atoms with Gasteiger partial charge in [-0.1, -0.05) is 54.1 Å². The fourth-order valence-electron chi connectivity index (χ4n) is 3.41. The summed E-state index contributed by atoms with van der Waals surface area (Å²) in [6.45, 7) is 1.38. The molecule has 3 nitrogen and oxygen atoms in total. The Kier molecular flexibility index (Phi) is 6.07. The minimum Gasteiger partial charge on any atom is -0.333 e. The van der Waals surface area contributed by atoms with Crippen molar-refractivity contribution in [3.05, 3.63) is 70.7 Å². The molecule has 2 aromatic carbocycles. The normalized spacial score (nSPS) is 19.0. The van der Waals surface area contributed by atoms with Gasteiger partial charge in [0.2, 0.25) is 5.91 Å². The number of halogens is 4. The van der Waals surface area contributed by atoms with Gasteiger partial charge in [-0.3, -0.25) is 4.79 Å². The van der Waals surface area contributed by atoms with E-state index in [1.54, 1.807) is 36.4 Å². The monoisotopic (exact) mass is 396 g/mol. The molecule has 2 aromatic rings. The second-order valence-electron chi connectivity index (χ2n) is 6.57. The summed E-state index contributed by atoms with van der Waals surface area (Å²) in [6, 6.07) is 14.3. The molecule has 0 spiro atoms. The van der Waals surface area contributed by atoms with Crippen LogP contribution in [0, 0.1) is 0 Å². The van der Waals surface area contributed by atoms with Crippen LogP contribution in [0.3, 0.4) is 0 Å². The molecule has 0 radical (unpaired) electrons. The van der Waals surface area contributed by atoms with Crippen LogP contribution in [-0.2, 0) is 4.79 Å². The molecule has 1 heterocycles. The molecule has 0 saturated carbocycles. The fraction of sp³-hybridized carbons (Fsp3) is 0.350. The highest BCUT2D eigenvalue weighted by molar-refractivity contribution is 6.30. The molecule has 0 aromatic heterocycles. The van der Waals surface area contributed by atoms with Crippen molar-refractivity contribution in [2.24, 2.45) is 0 Å². The van der Waals surface area contributed by atoms with Gasteiger partial charge < -0.3 is 10.2 Å². The van der Waals surface area contributed by atoms with E-state index < -0.39 is 24.4 Å². The van der Waals surface area contributed by atoms with Crippen LogP contribution in [0.25, 0.3) is 0 Å². The molecular formula is C20H20ClF3N2O. The van der Waals surface area contributed by atoms with E-state index in [4.69, 9.17) is 11.6 Å². The van der Waals surface area contributed by atoms with Crippen molar-refractivity contribution in [1.82, 2.24) is 10.2 Å². The van der Waals surface area contributed by atoms with Crippen LogP contribution in [0.5, 0.6) is 0 Å². The van der Waals surface area contributed by atoms with Crippen LogP contribution in [-0.4, -0.2) is 36.6 Å². The van der Waals surface area contributed by atoms with Gasteiger partial charge in [0.15, 0.2) is 0 Å². The highest BCUT2D eigenvalue weighted by Gasteiger charge is 2.43. The molecule has 27 heavy (non-hydrogen) atoms.